The van der Waals surface area contributed by atoms with Gasteiger partial charge in [0.25, 0.3) is 0 Å². The van der Waals surface area contributed by atoms with Crippen molar-refractivity contribution in [3.63, 3.8) is 0 Å². The fourth-order valence-electron chi connectivity index (χ4n) is 3.13. The Morgan fingerprint density at radius 3 is 2.60 bits per heavy atom. The number of amides is 2. The minimum Gasteiger partial charge on any atom is -0.467 e. The summed E-state index contributed by atoms with van der Waals surface area (Å²) in [5, 5.41) is 6.17. The van der Waals surface area contributed by atoms with Crippen LogP contribution >= 0.6 is 0 Å². The number of rotatable bonds is 6. The molecule has 0 aliphatic heterocycles. The average molecular weight is 408 g/mol. The molecule has 2 amide bonds. The van der Waals surface area contributed by atoms with Crippen LogP contribution in [0.1, 0.15) is 20.3 Å². The van der Waals surface area contributed by atoms with Crippen LogP contribution in [0.25, 0.3) is 22.1 Å². The molecule has 0 saturated heterocycles. The van der Waals surface area contributed by atoms with Crippen molar-refractivity contribution in [2.24, 2.45) is 5.92 Å². The first-order valence-electron chi connectivity index (χ1n) is 9.71. The summed E-state index contributed by atoms with van der Waals surface area (Å²) in [6.07, 6.45) is 0.702. The molecule has 156 valence electrons. The lowest BCUT2D eigenvalue weighted by molar-refractivity contribution is -0.144. The zero-order valence-corrected chi connectivity index (χ0v) is 17.1. The first kappa shape index (κ1) is 21.1. The van der Waals surface area contributed by atoms with Crippen LogP contribution in [0.5, 0.6) is 0 Å². The summed E-state index contributed by atoms with van der Waals surface area (Å²) < 4.78 is 10.2. The van der Waals surface area contributed by atoms with E-state index in [0.717, 1.165) is 5.39 Å². The molecule has 0 fully saturated rings. The third-order valence-corrected chi connectivity index (χ3v) is 5.03. The molecule has 7 heteroatoms. The van der Waals surface area contributed by atoms with E-state index in [0.29, 0.717) is 28.8 Å². The SMILES string of the molecule is CC[C@@H](C)[C@H](NC(=O)Nc1cccc(-c2cc3ccccc3oc2=O)c1)C(=O)OC. The monoisotopic (exact) mass is 408 g/mol. The van der Waals surface area contributed by atoms with Crippen molar-refractivity contribution >= 4 is 28.7 Å². The number of esters is 1. The molecule has 2 N–H and O–H groups in total. The van der Waals surface area contributed by atoms with E-state index in [1.54, 1.807) is 42.5 Å². The fraction of sp³-hybridized carbons (Fsp3) is 0.261. The van der Waals surface area contributed by atoms with Gasteiger partial charge >= 0.3 is 17.6 Å². The third kappa shape index (κ3) is 4.68. The van der Waals surface area contributed by atoms with E-state index in [4.69, 9.17) is 9.15 Å². The summed E-state index contributed by atoms with van der Waals surface area (Å²) >= 11 is 0. The van der Waals surface area contributed by atoms with Gasteiger partial charge in [0.1, 0.15) is 11.6 Å². The lowest BCUT2D eigenvalue weighted by atomic mass is 9.99. The van der Waals surface area contributed by atoms with Crippen LogP contribution in [-0.2, 0) is 9.53 Å². The smallest absolute Gasteiger partial charge is 0.344 e. The van der Waals surface area contributed by atoms with E-state index in [2.05, 4.69) is 10.6 Å². The molecule has 30 heavy (non-hydrogen) atoms. The number of fused-ring (bicyclic) bond motifs is 1. The normalized spacial score (nSPS) is 12.8. The van der Waals surface area contributed by atoms with E-state index >= 15 is 0 Å². The van der Waals surface area contributed by atoms with Crippen molar-refractivity contribution in [1.29, 1.82) is 0 Å². The Morgan fingerprint density at radius 2 is 1.87 bits per heavy atom. The molecule has 0 aliphatic rings. The van der Waals surface area contributed by atoms with Gasteiger partial charge in [-0.1, -0.05) is 50.6 Å². The number of anilines is 1. The number of carbonyl (C=O) groups excluding carboxylic acids is 2. The summed E-state index contributed by atoms with van der Waals surface area (Å²) in [4.78, 5) is 36.8. The summed E-state index contributed by atoms with van der Waals surface area (Å²) in [5.41, 5.74) is 1.53. The molecule has 2 aromatic carbocycles. The van der Waals surface area contributed by atoms with Crippen molar-refractivity contribution in [1.82, 2.24) is 5.32 Å². The number of benzene rings is 2. The van der Waals surface area contributed by atoms with Crippen LogP contribution in [-0.4, -0.2) is 25.2 Å². The highest BCUT2D eigenvalue weighted by Crippen LogP contribution is 2.23. The molecular weight excluding hydrogens is 384 g/mol. The summed E-state index contributed by atoms with van der Waals surface area (Å²) in [6.45, 7) is 3.79. The first-order valence-corrected chi connectivity index (χ1v) is 9.71. The topological polar surface area (TPSA) is 97.6 Å². The highest BCUT2D eigenvalue weighted by Gasteiger charge is 2.26. The predicted octanol–water partition coefficient (Wildman–Crippen LogP) is 4.17. The third-order valence-electron chi connectivity index (χ3n) is 5.03. The second kappa shape index (κ2) is 9.26. The average Bonchev–Trinajstić information content (AvgIpc) is 2.76. The quantitative estimate of drug-likeness (QED) is 0.471. The summed E-state index contributed by atoms with van der Waals surface area (Å²) in [6, 6.07) is 14.6. The van der Waals surface area contributed by atoms with Crippen molar-refractivity contribution in [3.05, 3.63) is 65.0 Å². The molecule has 1 heterocycles. The Morgan fingerprint density at radius 1 is 1.10 bits per heavy atom. The summed E-state index contributed by atoms with van der Waals surface area (Å²) in [5.74, 6) is -0.584. The van der Waals surface area contributed by atoms with Crippen LogP contribution in [0, 0.1) is 5.92 Å². The van der Waals surface area contributed by atoms with Crippen LogP contribution in [0.3, 0.4) is 0 Å². The lowest BCUT2D eigenvalue weighted by Gasteiger charge is -2.22. The molecule has 0 unspecified atom stereocenters. The number of hydrogen-bond acceptors (Lipinski definition) is 5. The van der Waals surface area contributed by atoms with Gasteiger partial charge < -0.3 is 19.8 Å². The van der Waals surface area contributed by atoms with E-state index < -0.39 is 23.7 Å². The maximum absolute atomic E-state index is 12.4. The molecule has 0 spiro atoms. The number of para-hydroxylation sites is 1. The minimum atomic E-state index is -0.754. The molecule has 0 radical (unpaired) electrons. The number of methoxy groups -OCH3 is 1. The van der Waals surface area contributed by atoms with Crippen LogP contribution in [0.2, 0.25) is 0 Å². The number of urea groups is 1. The van der Waals surface area contributed by atoms with Crippen molar-refractivity contribution in [3.8, 4) is 11.1 Å². The Kier molecular flexibility index (Phi) is 6.51. The maximum Gasteiger partial charge on any atom is 0.344 e. The van der Waals surface area contributed by atoms with Gasteiger partial charge in [-0.25, -0.2) is 14.4 Å². The van der Waals surface area contributed by atoms with Crippen LogP contribution in [0.4, 0.5) is 10.5 Å². The number of hydrogen-bond donors (Lipinski definition) is 2. The number of ether oxygens (including phenoxy) is 1. The van der Waals surface area contributed by atoms with Gasteiger partial charge in [-0.15, -0.1) is 0 Å². The second-order valence-corrected chi connectivity index (χ2v) is 7.05. The zero-order chi connectivity index (χ0) is 21.7. The minimum absolute atomic E-state index is 0.0863. The molecule has 0 bridgehead atoms. The van der Waals surface area contributed by atoms with Gasteiger partial charge in [-0.05, 0) is 35.7 Å². The second-order valence-electron chi connectivity index (χ2n) is 7.05. The Hall–Kier alpha value is -3.61. The highest BCUT2D eigenvalue weighted by atomic mass is 16.5. The van der Waals surface area contributed by atoms with Crippen molar-refractivity contribution in [2.45, 2.75) is 26.3 Å². The van der Waals surface area contributed by atoms with Gasteiger partial charge in [0.2, 0.25) is 0 Å². The highest BCUT2D eigenvalue weighted by molar-refractivity contribution is 5.93. The molecule has 2 atom stereocenters. The Labute approximate surface area is 174 Å². The van der Waals surface area contributed by atoms with E-state index in [1.807, 2.05) is 26.0 Å². The molecule has 7 nitrogen and oxygen atoms in total. The molecule has 3 rings (SSSR count). The van der Waals surface area contributed by atoms with Crippen molar-refractivity contribution < 1.29 is 18.7 Å². The van der Waals surface area contributed by atoms with Gasteiger partial charge in [-0.2, -0.15) is 0 Å². The maximum atomic E-state index is 12.4. The molecule has 1 aromatic heterocycles. The largest absolute Gasteiger partial charge is 0.467 e. The molecule has 3 aromatic rings. The van der Waals surface area contributed by atoms with Crippen LogP contribution in [0.15, 0.2) is 63.8 Å². The summed E-state index contributed by atoms with van der Waals surface area (Å²) in [7, 11) is 1.29. The van der Waals surface area contributed by atoms with Gasteiger partial charge in [-0.3, -0.25) is 0 Å². The molecular formula is C23H24N2O5. The molecule has 0 saturated carbocycles. The van der Waals surface area contributed by atoms with E-state index in [1.165, 1.54) is 7.11 Å². The Balaban J connectivity index is 1.82. The fourth-order valence-corrected chi connectivity index (χ4v) is 3.13. The lowest BCUT2D eigenvalue weighted by Crippen LogP contribution is -2.47. The van der Waals surface area contributed by atoms with Crippen LogP contribution < -0.4 is 16.3 Å². The first-order chi connectivity index (χ1) is 14.4. The standard InChI is InChI=1S/C23H24N2O5/c1-4-14(2)20(22(27)29-3)25-23(28)24-17-10-7-9-15(12-17)18-13-16-8-5-6-11-19(16)30-21(18)26/h5-14,20H,4H2,1-3H3,(H2,24,25,28)/t14-,20+/m1/s1. The van der Waals surface area contributed by atoms with Gasteiger partial charge in [0.15, 0.2) is 0 Å². The number of nitrogens with one attached hydrogen (secondary N) is 2. The van der Waals surface area contributed by atoms with E-state index in [-0.39, 0.29) is 5.92 Å². The van der Waals surface area contributed by atoms with Gasteiger partial charge in [0.05, 0.1) is 12.7 Å². The van der Waals surface area contributed by atoms with Gasteiger partial charge in [0, 0.05) is 11.1 Å². The predicted molar refractivity (Wildman–Crippen MR) is 115 cm³/mol. The van der Waals surface area contributed by atoms with Crippen molar-refractivity contribution in [2.75, 3.05) is 12.4 Å². The molecule has 0 aliphatic carbocycles. The Bertz CT molecular complexity index is 1120. The zero-order valence-electron chi connectivity index (χ0n) is 17.1. The number of carbonyl (C=O) groups is 2. The van der Waals surface area contributed by atoms with E-state index in [9.17, 15) is 14.4 Å².